The monoisotopic (exact) mass is 401 g/mol. The predicted octanol–water partition coefficient (Wildman–Crippen LogP) is 5.95. The number of ether oxygens (including phenoxy) is 2. The molecule has 0 heterocycles. The number of nitrogens with zero attached hydrogens (tertiary/aromatic N) is 1. The van der Waals surface area contributed by atoms with Gasteiger partial charge in [0.15, 0.2) is 0 Å². The molecule has 0 radical (unpaired) electrons. The molecule has 6 heteroatoms. The molecule has 0 saturated carbocycles. The molecule has 0 bridgehead atoms. The van der Waals surface area contributed by atoms with Gasteiger partial charge in [-0.25, -0.2) is 0 Å². The van der Waals surface area contributed by atoms with Gasteiger partial charge in [-0.2, -0.15) is 0 Å². The van der Waals surface area contributed by atoms with Gasteiger partial charge in [0.1, 0.15) is 29.7 Å². The number of benzene rings is 2. The summed E-state index contributed by atoms with van der Waals surface area (Å²) in [6.45, 7) is 8.36. The summed E-state index contributed by atoms with van der Waals surface area (Å²) in [6.07, 6.45) is 0. The third kappa shape index (κ3) is 5.96. The van der Waals surface area contributed by atoms with Crippen molar-refractivity contribution in [2.75, 3.05) is 26.2 Å². The zero-order valence-electron chi connectivity index (χ0n) is 14.4. The molecule has 0 amide bonds. The van der Waals surface area contributed by atoms with E-state index in [1.165, 1.54) is 0 Å². The van der Waals surface area contributed by atoms with E-state index in [0.29, 0.717) is 34.0 Å². The maximum atomic E-state index is 6.13. The summed E-state index contributed by atoms with van der Waals surface area (Å²) in [5.41, 5.74) is 1.01. The Morgan fingerprint density at radius 2 is 1.52 bits per heavy atom. The molecule has 0 aliphatic rings. The van der Waals surface area contributed by atoms with Crippen LogP contribution < -0.4 is 9.47 Å². The van der Waals surface area contributed by atoms with Crippen LogP contribution in [-0.4, -0.2) is 31.1 Å². The zero-order chi connectivity index (χ0) is 18.2. The third-order valence-electron chi connectivity index (χ3n) is 3.89. The first-order valence-corrected chi connectivity index (χ1v) is 9.38. The number of hydrogen-bond donors (Lipinski definition) is 0. The van der Waals surface area contributed by atoms with E-state index in [9.17, 15) is 0 Å². The van der Waals surface area contributed by atoms with Crippen molar-refractivity contribution in [1.29, 1.82) is 0 Å². The SMILES string of the molecule is CCN(CC)CCOc1ccc(COc2ccc(Cl)c(Cl)c2Cl)cc1. The van der Waals surface area contributed by atoms with Crippen LogP contribution in [-0.2, 0) is 6.61 Å². The van der Waals surface area contributed by atoms with Crippen molar-refractivity contribution in [2.45, 2.75) is 20.5 Å². The Kier molecular flexibility index (Phi) is 8.17. The molecule has 2 rings (SSSR count). The summed E-state index contributed by atoms with van der Waals surface area (Å²) in [4.78, 5) is 2.32. The van der Waals surface area contributed by atoms with Gasteiger partial charge in [0.05, 0.1) is 10.0 Å². The van der Waals surface area contributed by atoms with Gasteiger partial charge < -0.3 is 14.4 Å². The van der Waals surface area contributed by atoms with E-state index in [1.807, 2.05) is 24.3 Å². The van der Waals surface area contributed by atoms with Gasteiger partial charge in [0, 0.05) is 6.54 Å². The van der Waals surface area contributed by atoms with Crippen molar-refractivity contribution >= 4 is 34.8 Å². The summed E-state index contributed by atoms with van der Waals surface area (Å²) in [6, 6.07) is 11.2. The van der Waals surface area contributed by atoms with E-state index in [2.05, 4.69) is 18.7 Å². The highest BCUT2D eigenvalue weighted by Crippen LogP contribution is 2.37. The van der Waals surface area contributed by atoms with E-state index >= 15 is 0 Å². The highest BCUT2D eigenvalue weighted by molar-refractivity contribution is 6.48. The molecular formula is C19H22Cl3NO2. The van der Waals surface area contributed by atoms with Gasteiger partial charge in [0.25, 0.3) is 0 Å². The summed E-state index contributed by atoms with van der Waals surface area (Å²) >= 11 is 18.1. The number of likely N-dealkylation sites (N-methyl/N-ethyl adjacent to an activating group) is 1. The summed E-state index contributed by atoms with van der Waals surface area (Å²) in [5.74, 6) is 1.36. The summed E-state index contributed by atoms with van der Waals surface area (Å²) in [7, 11) is 0. The largest absolute Gasteiger partial charge is 0.492 e. The molecule has 0 saturated heterocycles. The van der Waals surface area contributed by atoms with E-state index in [-0.39, 0.29) is 0 Å². The maximum Gasteiger partial charge on any atom is 0.140 e. The Morgan fingerprint density at radius 3 is 2.16 bits per heavy atom. The summed E-state index contributed by atoms with van der Waals surface area (Å²) < 4.78 is 11.5. The van der Waals surface area contributed by atoms with Crippen LogP contribution in [0.1, 0.15) is 19.4 Å². The lowest BCUT2D eigenvalue weighted by atomic mass is 10.2. The van der Waals surface area contributed by atoms with Crippen molar-refractivity contribution in [1.82, 2.24) is 4.90 Å². The van der Waals surface area contributed by atoms with Crippen LogP contribution >= 0.6 is 34.8 Å². The predicted molar refractivity (Wildman–Crippen MR) is 106 cm³/mol. The van der Waals surface area contributed by atoms with Crippen molar-refractivity contribution in [3.8, 4) is 11.5 Å². The maximum absolute atomic E-state index is 6.13. The van der Waals surface area contributed by atoms with Crippen LogP contribution in [0.5, 0.6) is 11.5 Å². The highest BCUT2D eigenvalue weighted by atomic mass is 35.5. The first kappa shape index (κ1) is 20.2. The Hall–Kier alpha value is -1.13. The fourth-order valence-corrected chi connectivity index (χ4v) is 2.88. The first-order valence-electron chi connectivity index (χ1n) is 8.25. The van der Waals surface area contributed by atoms with E-state index in [1.54, 1.807) is 12.1 Å². The molecule has 0 atom stereocenters. The molecule has 0 spiro atoms. The van der Waals surface area contributed by atoms with Gasteiger partial charge in [-0.15, -0.1) is 0 Å². The highest BCUT2D eigenvalue weighted by Gasteiger charge is 2.10. The molecule has 0 N–H and O–H groups in total. The Labute approximate surface area is 164 Å². The van der Waals surface area contributed by atoms with Crippen molar-refractivity contribution in [3.63, 3.8) is 0 Å². The minimum Gasteiger partial charge on any atom is -0.492 e. The average Bonchev–Trinajstić information content (AvgIpc) is 2.64. The standard InChI is InChI=1S/C19H22Cl3NO2/c1-3-23(4-2)11-12-24-15-7-5-14(6-8-15)13-25-17-10-9-16(20)18(21)19(17)22/h5-10H,3-4,11-13H2,1-2H3. The molecule has 136 valence electrons. The van der Waals surface area contributed by atoms with Crippen LogP contribution in [0, 0.1) is 0 Å². The second-order valence-corrected chi connectivity index (χ2v) is 6.64. The van der Waals surface area contributed by atoms with Crippen LogP contribution in [0.4, 0.5) is 0 Å². The van der Waals surface area contributed by atoms with Gasteiger partial charge in [-0.3, -0.25) is 0 Å². The molecular weight excluding hydrogens is 381 g/mol. The Balaban J connectivity index is 1.85. The molecule has 0 aromatic heterocycles. The van der Waals surface area contributed by atoms with Crippen LogP contribution in [0.3, 0.4) is 0 Å². The molecule has 25 heavy (non-hydrogen) atoms. The topological polar surface area (TPSA) is 21.7 Å². The van der Waals surface area contributed by atoms with Crippen molar-refractivity contribution in [2.24, 2.45) is 0 Å². The second-order valence-electron chi connectivity index (χ2n) is 5.48. The lowest BCUT2D eigenvalue weighted by molar-refractivity contribution is 0.222. The lowest BCUT2D eigenvalue weighted by Crippen LogP contribution is -2.27. The van der Waals surface area contributed by atoms with Gasteiger partial charge in [0.2, 0.25) is 0 Å². The van der Waals surface area contributed by atoms with Crippen molar-refractivity contribution in [3.05, 3.63) is 57.0 Å². The minimum absolute atomic E-state index is 0.304. The average molecular weight is 403 g/mol. The quantitative estimate of drug-likeness (QED) is 0.484. The van der Waals surface area contributed by atoms with E-state index < -0.39 is 0 Å². The first-order chi connectivity index (χ1) is 12.0. The van der Waals surface area contributed by atoms with E-state index in [4.69, 9.17) is 44.3 Å². The smallest absolute Gasteiger partial charge is 0.140 e. The van der Waals surface area contributed by atoms with Crippen LogP contribution in [0.25, 0.3) is 0 Å². The third-order valence-corrected chi connectivity index (χ3v) is 5.16. The fraction of sp³-hybridized carbons (Fsp3) is 0.368. The fourth-order valence-electron chi connectivity index (χ4n) is 2.30. The van der Waals surface area contributed by atoms with Gasteiger partial charge in [-0.1, -0.05) is 60.8 Å². The molecule has 2 aromatic rings. The normalized spacial score (nSPS) is 11.0. The number of hydrogen-bond acceptors (Lipinski definition) is 3. The minimum atomic E-state index is 0.304. The second kappa shape index (κ2) is 10.1. The van der Waals surface area contributed by atoms with Gasteiger partial charge in [-0.05, 0) is 42.9 Å². The Morgan fingerprint density at radius 1 is 0.840 bits per heavy atom. The van der Waals surface area contributed by atoms with E-state index in [0.717, 1.165) is 30.9 Å². The van der Waals surface area contributed by atoms with Crippen LogP contribution in [0.2, 0.25) is 15.1 Å². The molecule has 0 aliphatic heterocycles. The Bertz CT molecular complexity index is 673. The zero-order valence-corrected chi connectivity index (χ0v) is 16.7. The number of rotatable bonds is 9. The lowest BCUT2D eigenvalue weighted by Gasteiger charge is -2.18. The molecule has 0 fully saturated rings. The van der Waals surface area contributed by atoms with Crippen LogP contribution in [0.15, 0.2) is 36.4 Å². The molecule has 3 nitrogen and oxygen atoms in total. The summed E-state index contributed by atoms with van der Waals surface area (Å²) in [5, 5.41) is 1.04. The molecule has 2 aromatic carbocycles. The van der Waals surface area contributed by atoms with Gasteiger partial charge >= 0.3 is 0 Å². The number of halogens is 3. The molecule has 0 aliphatic carbocycles. The molecule has 0 unspecified atom stereocenters. The van der Waals surface area contributed by atoms with Crippen molar-refractivity contribution < 1.29 is 9.47 Å².